The number of aromatic nitrogens is 2. The molecule has 4 rings (SSSR count). The lowest BCUT2D eigenvalue weighted by Gasteiger charge is -2.37. The van der Waals surface area contributed by atoms with Gasteiger partial charge in [-0.05, 0) is 37.3 Å². The van der Waals surface area contributed by atoms with Crippen molar-refractivity contribution in [3.8, 4) is 0 Å². The van der Waals surface area contributed by atoms with Crippen molar-refractivity contribution in [1.82, 2.24) is 9.55 Å². The van der Waals surface area contributed by atoms with Gasteiger partial charge in [0.1, 0.15) is 12.4 Å². The van der Waals surface area contributed by atoms with E-state index in [0.29, 0.717) is 0 Å². The SMILES string of the molecule is Cc1nc2cc(N3CCN(c4ccccc4)CC3)ccc2n1CC(=O)O. The van der Waals surface area contributed by atoms with E-state index in [-0.39, 0.29) is 6.54 Å². The number of hydrogen-bond donors (Lipinski definition) is 1. The summed E-state index contributed by atoms with van der Waals surface area (Å²) in [6.07, 6.45) is 0. The molecular weight excluding hydrogens is 328 g/mol. The molecule has 134 valence electrons. The Kier molecular flexibility index (Phi) is 4.24. The summed E-state index contributed by atoms with van der Waals surface area (Å²) in [5, 5.41) is 9.08. The zero-order valence-electron chi connectivity index (χ0n) is 14.8. The zero-order chi connectivity index (χ0) is 18.1. The molecule has 0 amide bonds. The van der Waals surface area contributed by atoms with E-state index in [1.807, 2.05) is 19.1 Å². The number of carboxylic acid groups (broad SMARTS) is 1. The van der Waals surface area contributed by atoms with E-state index in [0.717, 1.165) is 48.7 Å². The summed E-state index contributed by atoms with van der Waals surface area (Å²) < 4.78 is 1.74. The van der Waals surface area contributed by atoms with Crippen LogP contribution < -0.4 is 9.80 Å². The van der Waals surface area contributed by atoms with Gasteiger partial charge in [0.2, 0.25) is 0 Å². The molecule has 0 saturated carbocycles. The van der Waals surface area contributed by atoms with Gasteiger partial charge in [-0.25, -0.2) is 4.98 Å². The second-order valence-electron chi connectivity index (χ2n) is 6.62. The van der Waals surface area contributed by atoms with E-state index in [1.165, 1.54) is 5.69 Å². The number of benzene rings is 2. The molecular formula is C20H22N4O2. The fourth-order valence-electron chi connectivity index (χ4n) is 3.63. The Morgan fingerprint density at radius 1 is 1.00 bits per heavy atom. The third-order valence-corrected chi connectivity index (χ3v) is 4.98. The molecule has 0 aliphatic carbocycles. The molecule has 2 aromatic carbocycles. The highest BCUT2D eigenvalue weighted by molar-refractivity contribution is 5.82. The summed E-state index contributed by atoms with van der Waals surface area (Å²) in [5.74, 6) is -0.123. The van der Waals surface area contributed by atoms with Crippen LogP contribution in [0.3, 0.4) is 0 Å². The van der Waals surface area contributed by atoms with E-state index in [1.54, 1.807) is 4.57 Å². The van der Waals surface area contributed by atoms with Gasteiger partial charge in [0.15, 0.2) is 0 Å². The molecule has 1 fully saturated rings. The van der Waals surface area contributed by atoms with Crippen LogP contribution in [0.1, 0.15) is 5.82 Å². The lowest BCUT2D eigenvalue weighted by atomic mass is 10.2. The van der Waals surface area contributed by atoms with Gasteiger partial charge in [0.05, 0.1) is 11.0 Å². The minimum absolute atomic E-state index is 0.0581. The third-order valence-electron chi connectivity index (χ3n) is 4.98. The van der Waals surface area contributed by atoms with Crippen molar-refractivity contribution in [2.24, 2.45) is 0 Å². The first kappa shape index (κ1) is 16.4. The van der Waals surface area contributed by atoms with Crippen LogP contribution in [-0.4, -0.2) is 46.8 Å². The average molecular weight is 350 g/mol. The third kappa shape index (κ3) is 3.10. The molecule has 1 aliphatic rings. The maximum absolute atomic E-state index is 11.1. The molecule has 6 heteroatoms. The number of hydrogen-bond acceptors (Lipinski definition) is 4. The number of fused-ring (bicyclic) bond motifs is 1. The monoisotopic (exact) mass is 350 g/mol. The van der Waals surface area contributed by atoms with E-state index in [4.69, 9.17) is 5.11 Å². The topological polar surface area (TPSA) is 61.6 Å². The Morgan fingerprint density at radius 2 is 1.65 bits per heavy atom. The summed E-state index contributed by atoms with van der Waals surface area (Å²) >= 11 is 0. The summed E-state index contributed by atoms with van der Waals surface area (Å²) in [5.41, 5.74) is 4.14. The number of aryl methyl sites for hydroxylation is 1. The van der Waals surface area contributed by atoms with Crippen LogP contribution in [-0.2, 0) is 11.3 Å². The van der Waals surface area contributed by atoms with E-state index in [9.17, 15) is 4.79 Å². The normalized spacial score (nSPS) is 14.8. The number of carbonyl (C=O) groups is 1. The molecule has 1 N–H and O–H groups in total. The Balaban J connectivity index is 1.52. The Bertz CT molecular complexity index is 928. The van der Waals surface area contributed by atoms with Crippen molar-refractivity contribution in [2.45, 2.75) is 13.5 Å². The van der Waals surface area contributed by atoms with Crippen LogP contribution in [0.25, 0.3) is 11.0 Å². The summed E-state index contributed by atoms with van der Waals surface area (Å²) in [6.45, 7) is 5.66. The smallest absolute Gasteiger partial charge is 0.323 e. The number of aliphatic carboxylic acids is 1. The zero-order valence-corrected chi connectivity index (χ0v) is 14.8. The standard InChI is InChI=1S/C20H22N4O2/c1-15-21-18-13-17(7-8-19(18)24(15)14-20(25)26)23-11-9-22(10-12-23)16-5-3-2-4-6-16/h2-8,13H,9-12,14H2,1H3,(H,25,26). The highest BCUT2D eigenvalue weighted by Gasteiger charge is 2.19. The quantitative estimate of drug-likeness (QED) is 0.784. The molecule has 3 aromatic rings. The summed E-state index contributed by atoms with van der Waals surface area (Å²) in [7, 11) is 0. The molecule has 0 atom stereocenters. The van der Waals surface area contributed by atoms with Gasteiger partial charge in [-0.1, -0.05) is 18.2 Å². The molecule has 2 heterocycles. The summed E-state index contributed by atoms with van der Waals surface area (Å²) in [6, 6.07) is 16.6. The van der Waals surface area contributed by atoms with E-state index < -0.39 is 5.97 Å². The Labute approximate surface area is 152 Å². The van der Waals surface area contributed by atoms with Crippen molar-refractivity contribution >= 4 is 28.4 Å². The molecule has 0 spiro atoms. The number of rotatable bonds is 4. The van der Waals surface area contributed by atoms with Crippen molar-refractivity contribution in [3.05, 3.63) is 54.4 Å². The second kappa shape index (κ2) is 6.71. The molecule has 0 bridgehead atoms. The van der Waals surface area contributed by atoms with Crippen LogP contribution in [0.15, 0.2) is 48.5 Å². The molecule has 1 saturated heterocycles. The molecule has 1 aliphatic heterocycles. The molecule has 0 radical (unpaired) electrons. The minimum atomic E-state index is -0.853. The van der Waals surface area contributed by atoms with Gasteiger partial charge in [0.25, 0.3) is 0 Å². The number of anilines is 2. The average Bonchev–Trinajstić information content (AvgIpc) is 2.97. The Morgan fingerprint density at radius 3 is 2.31 bits per heavy atom. The lowest BCUT2D eigenvalue weighted by Crippen LogP contribution is -2.46. The first-order valence-electron chi connectivity index (χ1n) is 8.85. The highest BCUT2D eigenvalue weighted by Crippen LogP contribution is 2.25. The van der Waals surface area contributed by atoms with Crippen LogP contribution in [0.2, 0.25) is 0 Å². The van der Waals surface area contributed by atoms with Crippen molar-refractivity contribution in [1.29, 1.82) is 0 Å². The van der Waals surface area contributed by atoms with Gasteiger partial charge in [-0.15, -0.1) is 0 Å². The highest BCUT2D eigenvalue weighted by atomic mass is 16.4. The predicted octanol–water partition coefficient (Wildman–Crippen LogP) is 2.76. The maximum Gasteiger partial charge on any atom is 0.323 e. The van der Waals surface area contributed by atoms with Crippen molar-refractivity contribution in [3.63, 3.8) is 0 Å². The van der Waals surface area contributed by atoms with Crippen LogP contribution >= 0.6 is 0 Å². The number of piperazine rings is 1. The fraction of sp³-hybridized carbons (Fsp3) is 0.300. The van der Waals surface area contributed by atoms with Crippen molar-refractivity contribution in [2.75, 3.05) is 36.0 Å². The molecule has 0 unspecified atom stereocenters. The van der Waals surface area contributed by atoms with Crippen LogP contribution in [0, 0.1) is 6.92 Å². The summed E-state index contributed by atoms with van der Waals surface area (Å²) in [4.78, 5) is 20.4. The Hall–Kier alpha value is -3.02. The molecule has 1 aromatic heterocycles. The van der Waals surface area contributed by atoms with Gasteiger partial charge < -0.3 is 19.5 Å². The lowest BCUT2D eigenvalue weighted by molar-refractivity contribution is -0.137. The van der Waals surface area contributed by atoms with E-state index >= 15 is 0 Å². The van der Waals surface area contributed by atoms with E-state index in [2.05, 4.69) is 51.2 Å². The number of nitrogens with zero attached hydrogens (tertiary/aromatic N) is 4. The van der Waals surface area contributed by atoms with Crippen LogP contribution in [0.4, 0.5) is 11.4 Å². The van der Waals surface area contributed by atoms with Crippen molar-refractivity contribution < 1.29 is 9.90 Å². The molecule has 6 nitrogen and oxygen atoms in total. The predicted molar refractivity (Wildman–Crippen MR) is 103 cm³/mol. The number of carboxylic acids is 1. The van der Waals surface area contributed by atoms with Gasteiger partial charge in [-0.2, -0.15) is 0 Å². The fourth-order valence-corrected chi connectivity index (χ4v) is 3.63. The first-order valence-corrected chi connectivity index (χ1v) is 8.85. The maximum atomic E-state index is 11.1. The number of imidazole rings is 1. The largest absolute Gasteiger partial charge is 0.480 e. The molecule has 26 heavy (non-hydrogen) atoms. The van der Waals surface area contributed by atoms with Gasteiger partial charge in [-0.3, -0.25) is 4.79 Å². The number of para-hydroxylation sites is 1. The van der Waals surface area contributed by atoms with Gasteiger partial charge >= 0.3 is 5.97 Å². The first-order chi connectivity index (χ1) is 12.6. The van der Waals surface area contributed by atoms with Gasteiger partial charge in [0, 0.05) is 37.6 Å². The van der Waals surface area contributed by atoms with Crippen LogP contribution in [0.5, 0.6) is 0 Å². The minimum Gasteiger partial charge on any atom is -0.480 e. The second-order valence-corrected chi connectivity index (χ2v) is 6.62.